The quantitative estimate of drug-likeness (QED) is 0.590. The third-order valence-electron chi connectivity index (χ3n) is 1.77. The Kier molecular flexibility index (Phi) is 2.15. The number of furan rings is 1. The molecule has 0 amide bonds. The van der Waals surface area contributed by atoms with Gasteiger partial charge in [0, 0.05) is 13.0 Å². The van der Waals surface area contributed by atoms with Crippen molar-refractivity contribution in [3.63, 3.8) is 0 Å². The van der Waals surface area contributed by atoms with E-state index in [1.807, 2.05) is 12.1 Å². The molecule has 0 saturated heterocycles. The van der Waals surface area contributed by atoms with E-state index in [4.69, 9.17) is 9.15 Å². The van der Waals surface area contributed by atoms with Crippen molar-refractivity contribution in [2.75, 3.05) is 6.61 Å². The molecule has 0 saturated carbocycles. The molecule has 1 atom stereocenters. The molecule has 0 bridgehead atoms. The van der Waals surface area contributed by atoms with Crippen molar-refractivity contribution < 1.29 is 9.15 Å². The summed E-state index contributed by atoms with van der Waals surface area (Å²) in [5, 5.41) is 0. The van der Waals surface area contributed by atoms with Crippen LogP contribution in [-0.4, -0.2) is 6.61 Å². The number of hydrogen-bond acceptors (Lipinski definition) is 2. The van der Waals surface area contributed by atoms with Crippen molar-refractivity contribution in [1.82, 2.24) is 0 Å². The predicted molar refractivity (Wildman–Crippen MR) is 44.4 cm³/mol. The van der Waals surface area contributed by atoms with Crippen molar-refractivity contribution in [1.29, 1.82) is 0 Å². The smallest absolute Gasteiger partial charge is 0.175 e. The Labute approximate surface area is 71.5 Å². The van der Waals surface area contributed by atoms with E-state index in [0.717, 1.165) is 25.2 Å². The topological polar surface area (TPSA) is 22.4 Å². The van der Waals surface area contributed by atoms with Crippen LogP contribution in [0.3, 0.4) is 0 Å². The predicted octanol–water partition coefficient (Wildman–Crippen LogP) is 2.13. The van der Waals surface area contributed by atoms with Gasteiger partial charge in [-0.3, -0.25) is 0 Å². The highest BCUT2D eigenvalue weighted by Crippen LogP contribution is 2.18. The van der Waals surface area contributed by atoms with Crippen molar-refractivity contribution >= 4 is 0 Å². The van der Waals surface area contributed by atoms with Gasteiger partial charge in [-0.05, 0) is 18.6 Å². The van der Waals surface area contributed by atoms with E-state index in [-0.39, 0.29) is 6.10 Å². The normalized spacial score (nSPS) is 22.5. The van der Waals surface area contributed by atoms with Crippen LogP contribution in [-0.2, 0) is 4.74 Å². The first-order valence-corrected chi connectivity index (χ1v) is 4.10. The SMILES string of the molecule is C1#C[C@@H](c2ccco2)OCCC1. The fourth-order valence-electron chi connectivity index (χ4n) is 1.16. The van der Waals surface area contributed by atoms with Crippen LogP contribution in [0, 0.1) is 11.8 Å². The third-order valence-corrected chi connectivity index (χ3v) is 1.77. The molecule has 2 heteroatoms. The summed E-state index contributed by atoms with van der Waals surface area (Å²) < 4.78 is 10.7. The van der Waals surface area contributed by atoms with Gasteiger partial charge >= 0.3 is 0 Å². The van der Waals surface area contributed by atoms with Gasteiger partial charge in [0.2, 0.25) is 0 Å². The van der Waals surface area contributed by atoms with Crippen LogP contribution < -0.4 is 0 Å². The average molecular weight is 162 g/mol. The summed E-state index contributed by atoms with van der Waals surface area (Å²) in [6, 6.07) is 3.75. The maximum absolute atomic E-state index is 5.48. The van der Waals surface area contributed by atoms with Gasteiger partial charge in [0.1, 0.15) is 5.76 Å². The molecule has 0 spiro atoms. The van der Waals surface area contributed by atoms with Crippen LogP contribution in [0.15, 0.2) is 22.8 Å². The van der Waals surface area contributed by atoms with E-state index in [2.05, 4.69) is 11.8 Å². The van der Waals surface area contributed by atoms with Crippen LogP contribution in [0.5, 0.6) is 0 Å². The Morgan fingerprint density at radius 2 is 2.50 bits per heavy atom. The van der Waals surface area contributed by atoms with E-state index in [9.17, 15) is 0 Å². The summed E-state index contributed by atoms with van der Waals surface area (Å²) >= 11 is 0. The molecule has 1 aromatic rings. The molecule has 0 fully saturated rings. The zero-order chi connectivity index (χ0) is 8.23. The first-order valence-electron chi connectivity index (χ1n) is 4.10. The van der Waals surface area contributed by atoms with E-state index >= 15 is 0 Å². The minimum absolute atomic E-state index is 0.150. The third kappa shape index (κ3) is 1.51. The van der Waals surface area contributed by atoms with Gasteiger partial charge in [0.15, 0.2) is 6.10 Å². The van der Waals surface area contributed by atoms with Crippen molar-refractivity contribution in [3.8, 4) is 11.8 Å². The van der Waals surface area contributed by atoms with Gasteiger partial charge in [-0.1, -0.05) is 11.8 Å². The van der Waals surface area contributed by atoms with Gasteiger partial charge in [0.25, 0.3) is 0 Å². The highest BCUT2D eigenvalue weighted by molar-refractivity contribution is 5.17. The summed E-state index contributed by atoms with van der Waals surface area (Å²) in [6.45, 7) is 0.755. The molecular formula is C10H10O2. The summed E-state index contributed by atoms with van der Waals surface area (Å²) in [7, 11) is 0. The molecule has 1 aliphatic heterocycles. The molecule has 2 heterocycles. The Hall–Kier alpha value is -1.20. The van der Waals surface area contributed by atoms with E-state index in [0.29, 0.717) is 0 Å². The largest absolute Gasteiger partial charge is 0.465 e. The minimum Gasteiger partial charge on any atom is -0.465 e. The van der Waals surface area contributed by atoms with Crippen LogP contribution in [0.2, 0.25) is 0 Å². The summed E-state index contributed by atoms with van der Waals surface area (Å²) in [6.07, 6.45) is 3.44. The number of hydrogen-bond donors (Lipinski definition) is 0. The average Bonchev–Trinajstić information content (AvgIpc) is 2.48. The molecular weight excluding hydrogens is 152 g/mol. The lowest BCUT2D eigenvalue weighted by atomic mass is 10.3. The molecule has 1 aliphatic rings. The van der Waals surface area contributed by atoms with Gasteiger partial charge in [-0.15, -0.1) is 0 Å². The lowest BCUT2D eigenvalue weighted by Gasteiger charge is -2.06. The standard InChI is InChI=1S/C10H10O2/c1-2-5-9(11-7-3-1)10-6-4-8-12-10/h4,6,8-9H,1,3,7H2/t9-/m0/s1. The maximum Gasteiger partial charge on any atom is 0.175 e. The Morgan fingerprint density at radius 3 is 3.33 bits per heavy atom. The second-order valence-corrected chi connectivity index (χ2v) is 2.69. The van der Waals surface area contributed by atoms with Gasteiger partial charge in [0.05, 0.1) is 6.26 Å². The molecule has 1 aromatic heterocycles. The Balaban J connectivity index is 2.15. The van der Waals surface area contributed by atoms with Crippen molar-refractivity contribution in [2.24, 2.45) is 0 Å². The molecule has 0 aromatic carbocycles. The number of ether oxygens (including phenoxy) is 1. The van der Waals surface area contributed by atoms with Crippen molar-refractivity contribution in [2.45, 2.75) is 18.9 Å². The molecule has 62 valence electrons. The van der Waals surface area contributed by atoms with Gasteiger partial charge in [-0.25, -0.2) is 0 Å². The highest BCUT2D eigenvalue weighted by atomic mass is 16.5. The molecule has 0 radical (unpaired) electrons. The second kappa shape index (κ2) is 3.46. The second-order valence-electron chi connectivity index (χ2n) is 2.69. The molecule has 0 aliphatic carbocycles. The van der Waals surface area contributed by atoms with Crippen LogP contribution in [0.1, 0.15) is 24.7 Å². The molecule has 2 rings (SSSR count). The number of rotatable bonds is 1. The van der Waals surface area contributed by atoms with Gasteiger partial charge < -0.3 is 9.15 Å². The maximum atomic E-state index is 5.48. The van der Waals surface area contributed by atoms with Crippen LogP contribution in [0.4, 0.5) is 0 Å². The molecule has 12 heavy (non-hydrogen) atoms. The van der Waals surface area contributed by atoms with Crippen molar-refractivity contribution in [3.05, 3.63) is 24.2 Å². The summed E-state index contributed by atoms with van der Waals surface area (Å²) in [4.78, 5) is 0. The molecule has 0 N–H and O–H groups in total. The van der Waals surface area contributed by atoms with E-state index in [1.165, 1.54) is 0 Å². The minimum atomic E-state index is -0.150. The molecule has 0 unspecified atom stereocenters. The lowest BCUT2D eigenvalue weighted by Crippen LogP contribution is -2.00. The lowest BCUT2D eigenvalue weighted by molar-refractivity contribution is 0.0784. The van der Waals surface area contributed by atoms with E-state index < -0.39 is 0 Å². The van der Waals surface area contributed by atoms with Gasteiger partial charge in [-0.2, -0.15) is 0 Å². The molecule has 2 nitrogen and oxygen atoms in total. The fraction of sp³-hybridized carbons (Fsp3) is 0.400. The van der Waals surface area contributed by atoms with Crippen LogP contribution in [0.25, 0.3) is 0 Å². The zero-order valence-electron chi connectivity index (χ0n) is 6.75. The summed E-state index contributed by atoms with van der Waals surface area (Å²) in [5.41, 5.74) is 0. The van der Waals surface area contributed by atoms with Crippen LogP contribution >= 0.6 is 0 Å². The summed E-state index contributed by atoms with van der Waals surface area (Å²) in [5.74, 6) is 6.88. The fourth-order valence-corrected chi connectivity index (χ4v) is 1.16. The first kappa shape index (κ1) is 7.45. The van der Waals surface area contributed by atoms with E-state index in [1.54, 1.807) is 6.26 Å². The Bertz CT molecular complexity index is 289. The highest BCUT2D eigenvalue weighted by Gasteiger charge is 2.12. The first-order chi connectivity index (χ1) is 5.97. The monoisotopic (exact) mass is 162 g/mol. The zero-order valence-corrected chi connectivity index (χ0v) is 6.75. The Morgan fingerprint density at radius 1 is 1.50 bits per heavy atom.